The normalized spacial score (nSPS) is 18.5. The Morgan fingerprint density at radius 2 is 2.11 bits per heavy atom. The van der Waals surface area contributed by atoms with Crippen LogP contribution in [0.1, 0.15) is 16.6 Å². The highest BCUT2D eigenvalue weighted by molar-refractivity contribution is 8.00. The molecule has 0 bridgehead atoms. The number of hydrogen-bond donors (Lipinski definition) is 0. The molecule has 1 unspecified atom stereocenters. The molecule has 0 fully saturated rings. The van der Waals surface area contributed by atoms with Gasteiger partial charge in [-0.3, -0.25) is 4.79 Å². The molecule has 1 amide bonds. The highest BCUT2D eigenvalue weighted by Gasteiger charge is 2.27. The molecule has 0 N–H and O–H groups in total. The SMILES string of the molecule is CC1CN(C(=O)c2cccs2)c2ccccc2S1. The van der Waals surface area contributed by atoms with E-state index in [1.807, 2.05) is 52.4 Å². The van der Waals surface area contributed by atoms with Crippen LogP contribution in [0.4, 0.5) is 5.69 Å². The number of carbonyl (C=O) groups excluding carboxylic acids is 1. The van der Waals surface area contributed by atoms with Gasteiger partial charge in [0, 0.05) is 16.7 Å². The predicted molar refractivity (Wildman–Crippen MR) is 77.8 cm³/mol. The second kappa shape index (κ2) is 4.78. The molecule has 4 heteroatoms. The van der Waals surface area contributed by atoms with Gasteiger partial charge in [0.1, 0.15) is 0 Å². The maximum Gasteiger partial charge on any atom is 0.268 e. The van der Waals surface area contributed by atoms with Crippen molar-refractivity contribution in [1.82, 2.24) is 0 Å². The summed E-state index contributed by atoms with van der Waals surface area (Å²) in [5.41, 5.74) is 1.04. The first-order valence-corrected chi connectivity index (χ1v) is 7.62. The Morgan fingerprint density at radius 1 is 1.28 bits per heavy atom. The number of thioether (sulfide) groups is 1. The van der Waals surface area contributed by atoms with Crippen molar-refractivity contribution in [2.45, 2.75) is 17.1 Å². The van der Waals surface area contributed by atoms with Crippen molar-refractivity contribution in [3.05, 3.63) is 46.7 Å². The molecule has 1 atom stereocenters. The van der Waals surface area contributed by atoms with E-state index in [9.17, 15) is 4.79 Å². The van der Waals surface area contributed by atoms with E-state index in [-0.39, 0.29) is 5.91 Å². The van der Waals surface area contributed by atoms with Crippen LogP contribution >= 0.6 is 23.1 Å². The first-order valence-electron chi connectivity index (χ1n) is 5.87. The number of rotatable bonds is 1. The van der Waals surface area contributed by atoms with Gasteiger partial charge in [-0.2, -0.15) is 0 Å². The molecule has 1 aliphatic rings. The average Bonchev–Trinajstić information content (AvgIpc) is 2.90. The second-order valence-corrected chi connectivity index (χ2v) is 6.72. The third kappa shape index (κ3) is 2.06. The quantitative estimate of drug-likeness (QED) is 0.787. The zero-order valence-electron chi connectivity index (χ0n) is 10.00. The molecule has 92 valence electrons. The molecule has 0 radical (unpaired) electrons. The van der Waals surface area contributed by atoms with Gasteiger partial charge in [-0.15, -0.1) is 23.1 Å². The number of carbonyl (C=O) groups is 1. The topological polar surface area (TPSA) is 20.3 Å². The molecule has 2 aromatic rings. The number of fused-ring (bicyclic) bond motifs is 1. The molecule has 0 spiro atoms. The molecular formula is C14H13NOS2. The first-order chi connectivity index (χ1) is 8.75. The molecule has 0 saturated carbocycles. The van der Waals surface area contributed by atoms with Gasteiger partial charge in [-0.1, -0.05) is 25.1 Å². The van der Waals surface area contributed by atoms with E-state index < -0.39 is 0 Å². The van der Waals surface area contributed by atoms with Crippen molar-refractivity contribution in [3.8, 4) is 0 Å². The lowest BCUT2D eigenvalue weighted by atomic mass is 10.2. The number of hydrogen-bond acceptors (Lipinski definition) is 3. The molecule has 0 aliphatic carbocycles. The minimum atomic E-state index is 0.115. The lowest BCUT2D eigenvalue weighted by Gasteiger charge is -2.32. The molecule has 1 aromatic heterocycles. The standard InChI is InChI=1S/C14H13NOS2/c1-10-9-15(14(16)13-7-4-8-17-13)11-5-2-3-6-12(11)18-10/h2-8,10H,9H2,1H3. The summed E-state index contributed by atoms with van der Waals surface area (Å²) in [6.45, 7) is 2.94. The van der Waals surface area contributed by atoms with Crippen LogP contribution in [-0.4, -0.2) is 17.7 Å². The van der Waals surface area contributed by atoms with Gasteiger partial charge >= 0.3 is 0 Å². The van der Waals surface area contributed by atoms with Crippen LogP contribution in [0.2, 0.25) is 0 Å². The Kier molecular flexibility index (Phi) is 3.14. The number of para-hydroxylation sites is 1. The largest absolute Gasteiger partial charge is 0.305 e. The number of benzene rings is 1. The Balaban J connectivity index is 2.00. The third-order valence-corrected chi connectivity index (χ3v) is 4.91. The van der Waals surface area contributed by atoms with Crippen LogP contribution < -0.4 is 4.90 Å². The molecule has 18 heavy (non-hydrogen) atoms. The lowest BCUT2D eigenvalue weighted by Crippen LogP contribution is -2.38. The third-order valence-electron chi connectivity index (χ3n) is 2.90. The molecule has 0 saturated heterocycles. The Labute approximate surface area is 115 Å². The first kappa shape index (κ1) is 11.8. The average molecular weight is 275 g/mol. The van der Waals surface area contributed by atoms with Gasteiger partial charge in [-0.25, -0.2) is 0 Å². The highest BCUT2D eigenvalue weighted by atomic mass is 32.2. The maximum absolute atomic E-state index is 12.5. The maximum atomic E-state index is 12.5. The Bertz CT molecular complexity index is 565. The fourth-order valence-corrected chi connectivity index (χ4v) is 3.90. The summed E-state index contributed by atoms with van der Waals surface area (Å²) in [7, 11) is 0. The van der Waals surface area contributed by atoms with E-state index in [1.54, 1.807) is 0 Å². The molecule has 2 nitrogen and oxygen atoms in total. The monoisotopic (exact) mass is 275 g/mol. The Hall–Kier alpha value is -1.26. The van der Waals surface area contributed by atoms with Crippen LogP contribution in [0.25, 0.3) is 0 Å². The number of nitrogens with zero attached hydrogens (tertiary/aromatic N) is 1. The minimum absolute atomic E-state index is 0.115. The van der Waals surface area contributed by atoms with Crippen LogP contribution in [0.3, 0.4) is 0 Å². The van der Waals surface area contributed by atoms with Crippen LogP contribution in [0.15, 0.2) is 46.7 Å². The van der Waals surface area contributed by atoms with E-state index in [2.05, 4.69) is 13.0 Å². The van der Waals surface area contributed by atoms with Gasteiger partial charge in [0.05, 0.1) is 10.6 Å². The van der Waals surface area contributed by atoms with Gasteiger partial charge in [0.15, 0.2) is 0 Å². The summed E-state index contributed by atoms with van der Waals surface area (Å²) in [5.74, 6) is 0.115. The zero-order chi connectivity index (χ0) is 12.5. The fraction of sp³-hybridized carbons (Fsp3) is 0.214. The van der Waals surface area contributed by atoms with Crippen molar-refractivity contribution in [2.75, 3.05) is 11.4 Å². The summed E-state index contributed by atoms with van der Waals surface area (Å²) in [6.07, 6.45) is 0. The number of anilines is 1. The van der Waals surface area contributed by atoms with Crippen LogP contribution in [0, 0.1) is 0 Å². The van der Waals surface area contributed by atoms with Gasteiger partial charge in [0.25, 0.3) is 5.91 Å². The second-order valence-electron chi connectivity index (χ2n) is 4.29. The van der Waals surface area contributed by atoms with Crippen molar-refractivity contribution in [1.29, 1.82) is 0 Å². The van der Waals surface area contributed by atoms with Crippen molar-refractivity contribution < 1.29 is 4.79 Å². The van der Waals surface area contributed by atoms with E-state index in [4.69, 9.17) is 0 Å². The molecule has 1 aliphatic heterocycles. The van der Waals surface area contributed by atoms with Gasteiger partial charge in [0.2, 0.25) is 0 Å². The number of thiophene rings is 1. The summed E-state index contributed by atoms with van der Waals surface area (Å²) in [4.78, 5) is 16.4. The molecule has 1 aromatic carbocycles. The highest BCUT2D eigenvalue weighted by Crippen LogP contribution is 2.38. The molecular weight excluding hydrogens is 262 g/mol. The minimum Gasteiger partial charge on any atom is -0.305 e. The van der Waals surface area contributed by atoms with Crippen LogP contribution in [0.5, 0.6) is 0 Å². The van der Waals surface area contributed by atoms with E-state index in [0.29, 0.717) is 5.25 Å². The summed E-state index contributed by atoms with van der Waals surface area (Å²) < 4.78 is 0. The predicted octanol–water partition coefficient (Wildman–Crippen LogP) is 3.89. The molecule has 2 heterocycles. The molecule has 3 rings (SSSR count). The van der Waals surface area contributed by atoms with Gasteiger partial charge in [-0.05, 0) is 23.6 Å². The van der Waals surface area contributed by atoms with Crippen molar-refractivity contribution in [3.63, 3.8) is 0 Å². The van der Waals surface area contributed by atoms with Crippen molar-refractivity contribution in [2.24, 2.45) is 0 Å². The Morgan fingerprint density at radius 3 is 2.89 bits per heavy atom. The summed E-state index contributed by atoms with van der Waals surface area (Å²) >= 11 is 3.34. The van der Waals surface area contributed by atoms with Crippen molar-refractivity contribution >= 4 is 34.7 Å². The van der Waals surface area contributed by atoms with Gasteiger partial charge < -0.3 is 4.90 Å². The number of amides is 1. The lowest BCUT2D eigenvalue weighted by molar-refractivity contribution is 0.0990. The smallest absolute Gasteiger partial charge is 0.268 e. The zero-order valence-corrected chi connectivity index (χ0v) is 11.6. The fourth-order valence-electron chi connectivity index (χ4n) is 2.11. The van der Waals surface area contributed by atoms with E-state index in [0.717, 1.165) is 17.1 Å². The van der Waals surface area contributed by atoms with E-state index in [1.165, 1.54) is 16.2 Å². The summed E-state index contributed by atoms with van der Waals surface area (Å²) in [5, 5.41) is 2.38. The van der Waals surface area contributed by atoms with E-state index >= 15 is 0 Å². The van der Waals surface area contributed by atoms with Crippen LogP contribution in [-0.2, 0) is 0 Å². The summed E-state index contributed by atoms with van der Waals surface area (Å²) in [6, 6.07) is 11.9.